The molecule has 5 nitrogen and oxygen atoms in total. The van der Waals surface area contributed by atoms with Gasteiger partial charge in [0.1, 0.15) is 0 Å². The van der Waals surface area contributed by atoms with Crippen LogP contribution in [0.2, 0.25) is 0 Å². The van der Waals surface area contributed by atoms with E-state index in [4.69, 9.17) is 14.6 Å². The SMILES string of the molecule is O=C(NC1CCCCC1)C1=C[C@@H](C2CC2)C[C@@H](OCc2ccc(CO)cc2)O1. The maximum absolute atomic E-state index is 12.8. The lowest BCUT2D eigenvalue weighted by Crippen LogP contribution is -2.40. The number of carbonyl (C=O) groups excluding carboxylic acids is 1. The van der Waals surface area contributed by atoms with Crippen LogP contribution in [-0.2, 0) is 27.5 Å². The molecule has 2 aliphatic carbocycles. The van der Waals surface area contributed by atoms with Gasteiger partial charge in [0, 0.05) is 12.5 Å². The van der Waals surface area contributed by atoms with Gasteiger partial charge in [0.05, 0.1) is 13.2 Å². The zero-order valence-electron chi connectivity index (χ0n) is 16.4. The highest BCUT2D eigenvalue weighted by molar-refractivity contribution is 5.91. The molecule has 28 heavy (non-hydrogen) atoms. The van der Waals surface area contributed by atoms with E-state index in [9.17, 15) is 4.79 Å². The molecule has 2 saturated carbocycles. The van der Waals surface area contributed by atoms with E-state index >= 15 is 0 Å². The van der Waals surface area contributed by atoms with Gasteiger partial charge in [-0.25, -0.2) is 0 Å². The Kier molecular flexibility index (Phi) is 6.33. The Morgan fingerprint density at radius 1 is 1.07 bits per heavy atom. The summed E-state index contributed by atoms with van der Waals surface area (Å²) in [6.07, 6.45) is 10.7. The van der Waals surface area contributed by atoms with E-state index in [0.717, 1.165) is 30.4 Å². The van der Waals surface area contributed by atoms with Crippen molar-refractivity contribution in [1.29, 1.82) is 0 Å². The molecule has 1 aliphatic heterocycles. The number of aliphatic hydroxyl groups excluding tert-OH is 1. The first-order chi connectivity index (χ1) is 13.7. The Morgan fingerprint density at radius 3 is 2.46 bits per heavy atom. The molecule has 2 atom stereocenters. The van der Waals surface area contributed by atoms with Gasteiger partial charge < -0.3 is 19.9 Å². The van der Waals surface area contributed by atoms with Crippen LogP contribution >= 0.6 is 0 Å². The van der Waals surface area contributed by atoms with Crippen LogP contribution in [0.1, 0.15) is 62.5 Å². The molecule has 0 bridgehead atoms. The molecule has 1 aromatic rings. The Morgan fingerprint density at radius 2 is 1.79 bits per heavy atom. The molecule has 152 valence electrons. The van der Waals surface area contributed by atoms with E-state index in [1.807, 2.05) is 30.3 Å². The third-order valence-corrected chi connectivity index (χ3v) is 6.12. The van der Waals surface area contributed by atoms with Crippen molar-refractivity contribution in [2.24, 2.45) is 11.8 Å². The minimum atomic E-state index is -0.389. The molecule has 1 amide bonds. The van der Waals surface area contributed by atoms with E-state index in [-0.39, 0.29) is 24.8 Å². The molecule has 3 aliphatic rings. The molecule has 5 heteroatoms. The van der Waals surface area contributed by atoms with Crippen molar-refractivity contribution in [3.8, 4) is 0 Å². The Hall–Kier alpha value is -1.85. The van der Waals surface area contributed by atoms with Gasteiger partial charge in [0.2, 0.25) is 6.29 Å². The quantitative estimate of drug-likeness (QED) is 0.749. The predicted molar refractivity (Wildman–Crippen MR) is 106 cm³/mol. The van der Waals surface area contributed by atoms with Crippen molar-refractivity contribution in [1.82, 2.24) is 5.32 Å². The summed E-state index contributed by atoms with van der Waals surface area (Å²) in [5, 5.41) is 12.3. The van der Waals surface area contributed by atoms with Gasteiger partial charge in [-0.1, -0.05) is 43.5 Å². The predicted octanol–water partition coefficient (Wildman–Crippen LogP) is 3.80. The first-order valence-electron chi connectivity index (χ1n) is 10.7. The zero-order chi connectivity index (χ0) is 19.3. The van der Waals surface area contributed by atoms with Crippen LogP contribution in [0, 0.1) is 11.8 Å². The molecule has 0 spiro atoms. The average molecular weight is 386 g/mol. The molecule has 1 aromatic carbocycles. The summed E-state index contributed by atoms with van der Waals surface area (Å²) in [5.41, 5.74) is 1.92. The van der Waals surface area contributed by atoms with Gasteiger partial charge in [0.15, 0.2) is 5.76 Å². The Labute approximate surface area is 167 Å². The van der Waals surface area contributed by atoms with E-state index in [2.05, 4.69) is 5.32 Å². The summed E-state index contributed by atoms with van der Waals surface area (Å²) in [6.45, 7) is 0.478. The van der Waals surface area contributed by atoms with Gasteiger partial charge in [-0.15, -0.1) is 0 Å². The minimum absolute atomic E-state index is 0.0419. The van der Waals surface area contributed by atoms with Gasteiger partial charge in [-0.3, -0.25) is 4.79 Å². The summed E-state index contributed by atoms with van der Waals surface area (Å²) in [6, 6.07) is 7.99. The average Bonchev–Trinajstić information content (AvgIpc) is 3.59. The Bertz CT molecular complexity index is 689. The summed E-state index contributed by atoms with van der Waals surface area (Å²) in [5.74, 6) is 1.38. The van der Waals surface area contributed by atoms with Crippen molar-refractivity contribution in [2.45, 2.75) is 76.9 Å². The number of nitrogens with one attached hydrogen (secondary N) is 1. The number of hydrogen-bond acceptors (Lipinski definition) is 4. The fourth-order valence-electron chi connectivity index (χ4n) is 4.23. The monoisotopic (exact) mass is 385 g/mol. The third kappa shape index (κ3) is 5.15. The maximum Gasteiger partial charge on any atom is 0.286 e. The van der Waals surface area contributed by atoms with Crippen molar-refractivity contribution in [3.63, 3.8) is 0 Å². The van der Waals surface area contributed by atoms with Crippen molar-refractivity contribution >= 4 is 5.91 Å². The lowest BCUT2D eigenvalue weighted by Gasteiger charge is -2.30. The number of carbonyl (C=O) groups is 1. The van der Waals surface area contributed by atoms with Gasteiger partial charge in [0.25, 0.3) is 5.91 Å². The van der Waals surface area contributed by atoms with Crippen molar-refractivity contribution in [2.75, 3.05) is 0 Å². The highest BCUT2D eigenvalue weighted by atomic mass is 16.7. The highest BCUT2D eigenvalue weighted by Gasteiger charge is 2.37. The number of allylic oxidation sites excluding steroid dienone is 1. The molecule has 2 N–H and O–H groups in total. The number of benzene rings is 1. The molecular formula is C23H31NO4. The van der Waals surface area contributed by atoms with Crippen molar-refractivity contribution in [3.05, 3.63) is 47.2 Å². The number of aliphatic hydroxyl groups is 1. The number of amides is 1. The molecular weight excluding hydrogens is 354 g/mol. The largest absolute Gasteiger partial charge is 0.459 e. The molecule has 0 aromatic heterocycles. The van der Waals surface area contributed by atoms with E-state index in [1.54, 1.807) is 0 Å². The highest BCUT2D eigenvalue weighted by Crippen LogP contribution is 2.42. The fraction of sp³-hybridized carbons (Fsp3) is 0.609. The first kappa shape index (κ1) is 19.5. The van der Waals surface area contributed by atoms with Gasteiger partial charge >= 0.3 is 0 Å². The number of ether oxygens (including phenoxy) is 2. The number of hydrogen-bond donors (Lipinski definition) is 2. The van der Waals surface area contributed by atoms with Crippen molar-refractivity contribution < 1.29 is 19.4 Å². The maximum atomic E-state index is 12.8. The van der Waals surface area contributed by atoms with Crippen LogP contribution in [0.25, 0.3) is 0 Å². The zero-order valence-corrected chi connectivity index (χ0v) is 16.4. The van der Waals surface area contributed by atoms with E-state index in [1.165, 1.54) is 32.1 Å². The lowest BCUT2D eigenvalue weighted by atomic mass is 9.94. The smallest absolute Gasteiger partial charge is 0.286 e. The summed E-state index contributed by atoms with van der Waals surface area (Å²) in [4.78, 5) is 12.8. The molecule has 1 heterocycles. The van der Waals surface area contributed by atoms with Gasteiger partial charge in [-0.2, -0.15) is 0 Å². The van der Waals surface area contributed by atoms with Crippen LogP contribution in [-0.4, -0.2) is 23.3 Å². The summed E-state index contributed by atoms with van der Waals surface area (Å²) < 4.78 is 12.0. The normalized spacial score (nSPS) is 25.7. The van der Waals surface area contributed by atoms with Crippen LogP contribution in [0.15, 0.2) is 36.1 Å². The van der Waals surface area contributed by atoms with Crippen LogP contribution in [0.4, 0.5) is 0 Å². The Balaban J connectivity index is 1.35. The molecule has 0 unspecified atom stereocenters. The summed E-state index contributed by atoms with van der Waals surface area (Å²) >= 11 is 0. The lowest BCUT2D eigenvalue weighted by molar-refractivity contribution is -0.154. The first-order valence-corrected chi connectivity index (χ1v) is 10.7. The van der Waals surface area contributed by atoms with Crippen LogP contribution in [0.5, 0.6) is 0 Å². The van der Waals surface area contributed by atoms with Crippen LogP contribution < -0.4 is 5.32 Å². The second-order valence-corrected chi connectivity index (χ2v) is 8.41. The number of rotatable bonds is 7. The molecule has 0 radical (unpaired) electrons. The standard InChI is InChI=1S/C23H31NO4/c25-14-16-6-8-17(9-7-16)15-27-22-13-19(18-10-11-18)12-21(28-22)23(26)24-20-4-2-1-3-5-20/h6-9,12,18-20,22,25H,1-5,10-11,13-15H2,(H,24,26)/t19-,22+/m1/s1. The van der Waals surface area contributed by atoms with E-state index < -0.39 is 0 Å². The summed E-state index contributed by atoms with van der Waals surface area (Å²) in [7, 11) is 0. The molecule has 2 fully saturated rings. The second kappa shape index (κ2) is 9.10. The minimum Gasteiger partial charge on any atom is -0.459 e. The second-order valence-electron chi connectivity index (χ2n) is 8.41. The third-order valence-electron chi connectivity index (χ3n) is 6.12. The fourth-order valence-corrected chi connectivity index (χ4v) is 4.23. The van der Waals surface area contributed by atoms with Crippen LogP contribution in [0.3, 0.4) is 0 Å². The molecule has 0 saturated heterocycles. The van der Waals surface area contributed by atoms with Gasteiger partial charge in [-0.05, 0) is 54.7 Å². The molecule has 4 rings (SSSR count). The topological polar surface area (TPSA) is 67.8 Å². The van der Waals surface area contributed by atoms with E-state index in [0.29, 0.717) is 24.2 Å².